The number of carbonyl (C=O) groups excluding carboxylic acids is 1. The molecule has 2 N–H and O–H groups in total. The summed E-state index contributed by atoms with van der Waals surface area (Å²) in [4.78, 5) is 11.0. The highest BCUT2D eigenvalue weighted by Gasteiger charge is 2.36. The molecule has 0 aromatic rings. The molecule has 1 aliphatic carbocycles. The number of rotatable bonds is 2. The van der Waals surface area contributed by atoms with E-state index in [1.165, 1.54) is 6.92 Å². The van der Waals surface area contributed by atoms with E-state index >= 15 is 0 Å². The molecule has 1 rings (SSSR count). The molecule has 0 unspecified atom stereocenters. The molecule has 0 spiro atoms. The van der Waals surface area contributed by atoms with Gasteiger partial charge in [-0.15, -0.1) is 0 Å². The van der Waals surface area contributed by atoms with Gasteiger partial charge in [-0.1, -0.05) is 0 Å². The Morgan fingerprint density at radius 1 is 1.50 bits per heavy atom. The fourth-order valence-corrected chi connectivity index (χ4v) is 1.40. The summed E-state index contributed by atoms with van der Waals surface area (Å²) in [6, 6.07) is -0.683. The molecule has 0 aromatic carbocycles. The molecule has 0 saturated heterocycles. The fourth-order valence-electron chi connectivity index (χ4n) is 1.40. The summed E-state index contributed by atoms with van der Waals surface area (Å²) in [6.07, 6.45) is -0.335. The van der Waals surface area contributed by atoms with Crippen molar-refractivity contribution in [3.63, 3.8) is 0 Å². The van der Waals surface area contributed by atoms with Crippen LogP contribution in [0.3, 0.4) is 0 Å². The first-order valence-electron chi connectivity index (χ1n) is 4.74. The zero-order chi connectivity index (χ0) is 10.8. The topological polar surface area (TPSA) is 52.3 Å². The molecule has 0 heterocycles. The van der Waals surface area contributed by atoms with E-state index < -0.39 is 17.9 Å². The zero-order valence-corrected chi connectivity index (χ0v) is 8.13. The number of hydrogen-bond acceptors (Lipinski definition) is 3. The standard InChI is InChI=1S/C9H15F2NO2/c1-6(12)8(13)14-7-2-4-9(10,11)5-3-7/h6-7H,2-5,12H2,1H3/t6-/m0/s1. The maximum absolute atomic E-state index is 12.7. The average molecular weight is 207 g/mol. The summed E-state index contributed by atoms with van der Waals surface area (Å²) in [5.74, 6) is -3.10. The van der Waals surface area contributed by atoms with E-state index in [-0.39, 0.29) is 31.8 Å². The smallest absolute Gasteiger partial charge is 0.322 e. The molecule has 0 aliphatic heterocycles. The van der Waals surface area contributed by atoms with Gasteiger partial charge in [-0.2, -0.15) is 0 Å². The molecule has 1 saturated carbocycles. The van der Waals surface area contributed by atoms with Gasteiger partial charge < -0.3 is 10.5 Å². The average Bonchev–Trinajstić information content (AvgIpc) is 2.08. The van der Waals surface area contributed by atoms with Crippen LogP contribution in [0, 0.1) is 0 Å². The van der Waals surface area contributed by atoms with Gasteiger partial charge in [0.25, 0.3) is 0 Å². The molecule has 1 aliphatic rings. The van der Waals surface area contributed by atoms with Crippen LogP contribution in [0.25, 0.3) is 0 Å². The third-order valence-electron chi connectivity index (χ3n) is 2.32. The Hall–Kier alpha value is -0.710. The maximum Gasteiger partial charge on any atom is 0.322 e. The number of carbonyl (C=O) groups is 1. The lowest BCUT2D eigenvalue weighted by molar-refractivity contribution is -0.156. The van der Waals surface area contributed by atoms with Crippen LogP contribution in [-0.2, 0) is 9.53 Å². The second-order valence-electron chi connectivity index (χ2n) is 3.78. The van der Waals surface area contributed by atoms with Crippen LogP contribution >= 0.6 is 0 Å². The summed E-state index contributed by atoms with van der Waals surface area (Å²) < 4.78 is 30.4. The number of nitrogens with two attached hydrogens (primary N) is 1. The highest BCUT2D eigenvalue weighted by Crippen LogP contribution is 2.34. The van der Waals surface area contributed by atoms with E-state index in [0.29, 0.717) is 0 Å². The van der Waals surface area contributed by atoms with Crippen LogP contribution in [0.1, 0.15) is 32.6 Å². The molecule has 14 heavy (non-hydrogen) atoms. The fraction of sp³-hybridized carbons (Fsp3) is 0.889. The van der Waals surface area contributed by atoms with Crippen molar-refractivity contribution in [2.45, 2.75) is 50.7 Å². The van der Waals surface area contributed by atoms with Gasteiger partial charge >= 0.3 is 5.97 Å². The largest absolute Gasteiger partial charge is 0.461 e. The Morgan fingerprint density at radius 3 is 2.43 bits per heavy atom. The molecule has 0 radical (unpaired) electrons. The molecule has 3 nitrogen and oxygen atoms in total. The predicted octanol–water partition coefficient (Wildman–Crippen LogP) is 1.45. The number of hydrogen-bond donors (Lipinski definition) is 1. The minimum absolute atomic E-state index is 0.204. The summed E-state index contributed by atoms with van der Waals surface area (Å²) in [6.45, 7) is 1.51. The lowest BCUT2D eigenvalue weighted by atomic mass is 9.94. The van der Waals surface area contributed by atoms with E-state index in [2.05, 4.69) is 0 Å². The second kappa shape index (κ2) is 4.21. The Kier molecular flexibility index (Phi) is 3.42. The van der Waals surface area contributed by atoms with Gasteiger partial charge in [0.05, 0.1) is 0 Å². The minimum atomic E-state index is -2.59. The van der Waals surface area contributed by atoms with Crippen LogP contribution in [0.15, 0.2) is 0 Å². The molecule has 5 heteroatoms. The first-order valence-corrected chi connectivity index (χ1v) is 4.74. The van der Waals surface area contributed by atoms with Crippen molar-refractivity contribution in [1.82, 2.24) is 0 Å². The SMILES string of the molecule is C[C@H](N)C(=O)OC1CCC(F)(F)CC1. The second-order valence-corrected chi connectivity index (χ2v) is 3.78. The van der Waals surface area contributed by atoms with Crippen molar-refractivity contribution < 1.29 is 18.3 Å². The normalized spacial score (nSPS) is 24.3. The third kappa shape index (κ3) is 3.21. The maximum atomic E-state index is 12.7. The third-order valence-corrected chi connectivity index (χ3v) is 2.32. The monoisotopic (exact) mass is 207 g/mol. The van der Waals surface area contributed by atoms with E-state index in [9.17, 15) is 13.6 Å². The lowest BCUT2D eigenvalue weighted by Gasteiger charge is -2.28. The van der Waals surface area contributed by atoms with Crippen LogP contribution in [0.5, 0.6) is 0 Å². The summed E-state index contributed by atoms with van der Waals surface area (Å²) >= 11 is 0. The van der Waals surface area contributed by atoms with Crippen molar-refractivity contribution in [3.05, 3.63) is 0 Å². The summed E-state index contributed by atoms with van der Waals surface area (Å²) in [5.41, 5.74) is 5.28. The minimum Gasteiger partial charge on any atom is -0.461 e. The van der Waals surface area contributed by atoms with Crippen LogP contribution in [0.4, 0.5) is 8.78 Å². The van der Waals surface area contributed by atoms with Gasteiger partial charge in [-0.3, -0.25) is 4.79 Å². The van der Waals surface area contributed by atoms with E-state index in [0.717, 1.165) is 0 Å². The first kappa shape index (κ1) is 11.4. The van der Waals surface area contributed by atoms with Gasteiger partial charge in [0.1, 0.15) is 12.1 Å². The zero-order valence-electron chi connectivity index (χ0n) is 8.13. The van der Waals surface area contributed by atoms with E-state index in [1.807, 2.05) is 0 Å². The van der Waals surface area contributed by atoms with E-state index in [1.54, 1.807) is 0 Å². The molecular weight excluding hydrogens is 192 g/mol. The Balaban J connectivity index is 2.33. The highest BCUT2D eigenvalue weighted by molar-refractivity contribution is 5.75. The van der Waals surface area contributed by atoms with Crippen molar-refractivity contribution in [1.29, 1.82) is 0 Å². The Labute approximate surface area is 81.6 Å². The first-order chi connectivity index (χ1) is 6.41. The van der Waals surface area contributed by atoms with E-state index in [4.69, 9.17) is 10.5 Å². The number of esters is 1. The highest BCUT2D eigenvalue weighted by atomic mass is 19.3. The Bertz CT molecular complexity index is 209. The quantitative estimate of drug-likeness (QED) is 0.697. The van der Waals surface area contributed by atoms with Crippen molar-refractivity contribution in [2.24, 2.45) is 5.73 Å². The molecule has 1 atom stereocenters. The van der Waals surface area contributed by atoms with Gasteiger partial charge in [0.15, 0.2) is 0 Å². The summed E-state index contributed by atoms with van der Waals surface area (Å²) in [7, 11) is 0. The number of ether oxygens (including phenoxy) is 1. The Morgan fingerprint density at radius 2 is 2.00 bits per heavy atom. The van der Waals surface area contributed by atoms with Gasteiger partial charge in [0.2, 0.25) is 5.92 Å². The van der Waals surface area contributed by atoms with Crippen molar-refractivity contribution in [3.8, 4) is 0 Å². The van der Waals surface area contributed by atoms with Gasteiger partial charge in [-0.25, -0.2) is 8.78 Å². The molecule has 0 amide bonds. The molecule has 0 aromatic heterocycles. The molecule has 0 bridgehead atoms. The van der Waals surface area contributed by atoms with Crippen molar-refractivity contribution in [2.75, 3.05) is 0 Å². The predicted molar refractivity (Wildman–Crippen MR) is 46.9 cm³/mol. The number of alkyl halides is 2. The van der Waals surface area contributed by atoms with Crippen molar-refractivity contribution >= 4 is 5.97 Å². The van der Waals surface area contributed by atoms with Crippen LogP contribution < -0.4 is 5.73 Å². The molecule has 1 fully saturated rings. The number of halogens is 2. The molecule has 82 valence electrons. The van der Waals surface area contributed by atoms with Crippen LogP contribution in [0.2, 0.25) is 0 Å². The summed E-state index contributed by atoms with van der Waals surface area (Å²) in [5, 5.41) is 0. The molecular formula is C9H15F2NO2. The van der Waals surface area contributed by atoms with Gasteiger partial charge in [-0.05, 0) is 19.8 Å². The lowest BCUT2D eigenvalue weighted by Crippen LogP contribution is -2.35. The van der Waals surface area contributed by atoms with Crippen LogP contribution in [-0.4, -0.2) is 24.0 Å². The van der Waals surface area contributed by atoms with Gasteiger partial charge in [0, 0.05) is 12.8 Å².